The van der Waals surface area contributed by atoms with Crippen LogP contribution in [0.1, 0.15) is 12.6 Å². The van der Waals surface area contributed by atoms with E-state index in [9.17, 15) is 4.79 Å². The van der Waals surface area contributed by atoms with Crippen molar-refractivity contribution in [1.82, 2.24) is 4.98 Å². The van der Waals surface area contributed by atoms with Crippen molar-refractivity contribution in [2.75, 3.05) is 5.32 Å². The Balaban J connectivity index is 1.98. The molecule has 6 heteroatoms. The molecule has 100 valence electrons. The topological polar surface area (TPSA) is 51.2 Å². The quantitative estimate of drug-likeness (QED) is 0.939. The Kier molecular flexibility index (Phi) is 4.39. The number of ether oxygens (including phenoxy) is 1. The van der Waals surface area contributed by atoms with E-state index in [4.69, 9.17) is 16.3 Å². The zero-order valence-electron chi connectivity index (χ0n) is 10.5. The van der Waals surface area contributed by atoms with Gasteiger partial charge in [0.25, 0.3) is 5.91 Å². The van der Waals surface area contributed by atoms with Crippen LogP contribution in [0.3, 0.4) is 0 Å². The van der Waals surface area contributed by atoms with Gasteiger partial charge in [-0.1, -0.05) is 23.7 Å². The summed E-state index contributed by atoms with van der Waals surface area (Å²) in [5, 5.41) is 5.62. The van der Waals surface area contributed by atoms with Crippen molar-refractivity contribution in [3.63, 3.8) is 0 Å². The summed E-state index contributed by atoms with van der Waals surface area (Å²) in [5.41, 5.74) is 0.875. The third-order valence-electron chi connectivity index (χ3n) is 2.36. The molecule has 0 bridgehead atoms. The van der Waals surface area contributed by atoms with Crippen molar-refractivity contribution in [2.24, 2.45) is 0 Å². The number of amides is 1. The summed E-state index contributed by atoms with van der Waals surface area (Å²) in [5.74, 6) is 0.233. The standard InChI is InChI=1S/C13H13ClN2O2S/c1-8-7-19-13(15-8)16-12(17)9(2)18-11-6-4-3-5-10(11)14/h3-7,9H,1-2H3,(H,15,16,17)/t9-/m0/s1. The fourth-order valence-electron chi connectivity index (χ4n) is 1.40. The van der Waals surface area contributed by atoms with Gasteiger partial charge in [-0.3, -0.25) is 10.1 Å². The van der Waals surface area contributed by atoms with E-state index >= 15 is 0 Å². The Morgan fingerprint density at radius 2 is 2.21 bits per heavy atom. The molecule has 19 heavy (non-hydrogen) atoms. The fraction of sp³-hybridized carbons (Fsp3) is 0.231. The molecule has 0 saturated heterocycles. The van der Waals surface area contributed by atoms with E-state index in [1.54, 1.807) is 31.2 Å². The van der Waals surface area contributed by atoms with Gasteiger partial charge < -0.3 is 4.74 Å². The second kappa shape index (κ2) is 6.04. The smallest absolute Gasteiger partial charge is 0.266 e. The minimum atomic E-state index is -0.649. The third-order valence-corrected chi connectivity index (χ3v) is 3.55. The van der Waals surface area contributed by atoms with Crippen LogP contribution < -0.4 is 10.1 Å². The lowest BCUT2D eigenvalue weighted by atomic mass is 10.3. The van der Waals surface area contributed by atoms with Gasteiger partial charge in [0.05, 0.1) is 10.7 Å². The number of carbonyl (C=O) groups is 1. The molecule has 0 unspecified atom stereocenters. The number of rotatable bonds is 4. The molecule has 0 fully saturated rings. The fourth-order valence-corrected chi connectivity index (χ4v) is 2.27. The molecule has 2 rings (SSSR count). The largest absolute Gasteiger partial charge is 0.479 e. The molecule has 1 aromatic carbocycles. The second-order valence-corrected chi connectivity index (χ2v) is 5.24. The normalized spacial score (nSPS) is 11.9. The second-order valence-electron chi connectivity index (χ2n) is 3.97. The Bertz CT molecular complexity index is 586. The Labute approximate surface area is 120 Å². The average Bonchev–Trinajstić information content (AvgIpc) is 2.77. The highest BCUT2D eigenvalue weighted by Gasteiger charge is 2.17. The lowest BCUT2D eigenvalue weighted by molar-refractivity contribution is -0.122. The number of hydrogen-bond acceptors (Lipinski definition) is 4. The molecular weight excluding hydrogens is 284 g/mol. The van der Waals surface area contributed by atoms with Crippen molar-refractivity contribution in [1.29, 1.82) is 0 Å². The Morgan fingerprint density at radius 3 is 2.84 bits per heavy atom. The number of anilines is 1. The maximum absolute atomic E-state index is 11.9. The summed E-state index contributed by atoms with van der Waals surface area (Å²) in [7, 11) is 0. The van der Waals surface area contributed by atoms with Crippen LogP contribution in [-0.2, 0) is 4.79 Å². The Hall–Kier alpha value is -1.59. The van der Waals surface area contributed by atoms with E-state index in [2.05, 4.69) is 10.3 Å². The van der Waals surface area contributed by atoms with Crippen LogP contribution >= 0.6 is 22.9 Å². The zero-order valence-corrected chi connectivity index (χ0v) is 12.1. The minimum absolute atomic E-state index is 0.255. The number of aromatic nitrogens is 1. The first-order valence-electron chi connectivity index (χ1n) is 5.70. The number of hydrogen-bond donors (Lipinski definition) is 1. The molecule has 0 aliphatic carbocycles. The maximum Gasteiger partial charge on any atom is 0.266 e. The average molecular weight is 297 g/mol. The van der Waals surface area contributed by atoms with Gasteiger partial charge in [-0.15, -0.1) is 11.3 Å². The summed E-state index contributed by atoms with van der Waals surface area (Å²) in [6.07, 6.45) is -0.649. The molecule has 2 aromatic rings. The van der Waals surface area contributed by atoms with E-state index in [0.29, 0.717) is 15.9 Å². The molecule has 0 spiro atoms. The van der Waals surface area contributed by atoms with Crippen molar-refractivity contribution in [2.45, 2.75) is 20.0 Å². The number of thiazole rings is 1. The number of nitrogens with one attached hydrogen (secondary N) is 1. The van der Waals surface area contributed by atoms with E-state index in [1.165, 1.54) is 11.3 Å². The summed E-state index contributed by atoms with van der Waals surface area (Å²) < 4.78 is 5.52. The molecule has 0 aliphatic rings. The first kappa shape index (κ1) is 13.8. The highest BCUT2D eigenvalue weighted by Crippen LogP contribution is 2.24. The molecule has 0 saturated carbocycles. The first-order valence-corrected chi connectivity index (χ1v) is 6.96. The highest BCUT2D eigenvalue weighted by molar-refractivity contribution is 7.13. The first-order chi connectivity index (χ1) is 9.06. The minimum Gasteiger partial charge on any atom is -0.479 e. The lowest BCUT2D eigenvalue weighted by Gasteiger charge is -2.14. The molecule has 1 N–H and O–H groups in total. The van der Waals surface area contributed by atoms with Gasteiger partial charge in [0.1, 0.15) is 5.75 Å². The summed E-state index contributed by atoms with van der Waals surface area (Å²) >= 11 is 7.35. The molecule has 1 heterocycles. The number of benzene rings is 1. The van der Waals surface area contributed by atoms with Gasteiger partial charge in [0.2, 0.25) is 0 Å². The number of nitrogens with zero attached hydrogens (tertiary/aromatic N) is 1. The third kappa shape index (κ3) is 3.68. The Morgan fingerprint density at radius 1 is 1.47 bits per heavy atom. The predicted octanol–water partition coefficient (Wildman–Crippen LogP) is 3.51. The maximum atomic E-state index is 11.9. The SMILES string of the molecule is Cc1csc(NC(=O)[C@H](C)Oc2ccccc2Cl)n1. The number of para-hydroxylation sites is 1. The molecule has 0 aliphatic heterocycles. The summed E-state index contributed by atoms with van der Waals surface area (Å²) in [4.78, 5) is 16.1. The van der Waals surface area contributed by atoms with Crippen molar-refractivity contribution < 1.29 is 9.53 Å². The number of halogens is 1. The van der Waals surface area contributed by atoms with Gasteiger partial charge in [0, 0.05) is 5.38 Å². The van der Waals surface area contributed by atoms with E-state index in [-0.39, 0.29) is 5.91 Å². The van der Waals surface area contributed by atoms with Crippen LogP contribution in [0.15, 0.2) is 29.6 Å². The van der Waals surface area contributed by atoms with Gasteiger partial charge in [-0.05, 0) is 26.0 Å². The number of carbonyl (C=O) groups excluding carboxylic acids is 1. The summed E-state index contributed by atoms with van der Waals surface area (Å²) in [6, 6.07) is 7.04. The van der Waals surface area contributed by atoms with Crippen LogP contribution in [0.4, 0.5) is 5.13 Å². The molecule has 1 atom stereocenters. The van der Waals surface area contributed by atoms with Crippen molar-refractivity contribution in [3.05, 3.63) is 40.4 Å². The lowest BCUT2D eigenvalue weighted by Crippen LogP contribution is -2.30. The monoisotopic (exact) mass is 296 g/mol. The van der Waals surface area contributed by atoms with Crippen LogP contribution in [0.5, 0.6) is 5.75 Å². The van der Waals surface area contributed by atoms with E-state index in [0.717, 1.165) is 5.69 Å². The van der Waals surface area contributed by atoms with Crippen LogP contribution in [-0.4, -0.2) is 17.0 Å². The number of aryl methyl sites for hydroxylation is 1. The predicted molar refractivity (Wildman–Crippen MR) is 77.0 cm³/mol. The molecular formula is C13H13ClN2O2S. The zero-order chi connectivity index (χ0) is 13.8. The van der Waals surface area contributed by atoms with Crippen molar-refractivity contribution in [3.8, 4) is 5.75 Å². The van der Waals surface area contributed by atoms with Crippen LogP contribution in [0, 0.1) is 6.92 Å². The van der Waals surface area contributed by atoms with E-state index < -0.39 is 6.10 Å². The summed E-state index contributed by atoms with van der Waals surface area (Å²) in [6.45, 7) is 3.54. The van der Waals surface area contributed by atoms with Gasteiger partial charge in [0.15, 0.2) is 11.2 Å². The van der Waals surface area contributed by atoms with Gasteiger partial charge in [-0.2, -0.15) is 0 Å². The van der Waals surface area contributed by atoms with Gasteiger partial charge in [-0.25, -0.2) is 4.98 Å². The van der Waals surface area contributed by atoms with Crippen LogP contribution in [0.2, 0.25) is 5.02 Å². The molecule has 1 amide bonds. The molecule has 4 nitrogen and oxygen atoms in total. The highest BCUT2D eigenvalue weighted by atomic mass is 35.5. The van der Waals surface area contributed by atoms with Crippen molar-refractivity contribution >= 4 is 34.0 Å². The molecule has 1 aromatic heterocycles. The van der Waals surface area contributed by atoms with Gasteiger partial charge >= 0.3 is 0 Å². The van der Waals surface area contributed by atoms with E-state index in [1.807, 2.05) is 12.3 Å². The molecule has 0 radical (unpaired) electrons. The van der Waals surface area contributed by atoms with Crippen LogP contribution in [0.25, 0.3) is 0 Å².